The van der Waals surface area contributed by atoms with Crippen LogP contribution in [-0.4, -0.2) is 54.4 Å². The van der Waals surface area contributed by atoms with Gasteiger partial charge in [0.1, 0.15) is 17.8 Å². The molecule has 0 spiro atoms. The average molecular weight is 333 g/mol. The number of nitrogens with zero attached hydrogens (tertiary/aromatic N) is 2. The zero-order valence-electron chi connectivity index (χ0n) is 14.5. The van der Waals surface area contributed by atoms with Gasteiger partial charge in [-0.15, -0.1) is 0 Å². The number of likely N-dealkylation sites (N-methyl/N-ethyl adjacent to an activating group) is 1. The third kappa shape index (κ3) is 3.06. The van der Waals surface area contributed by atoms with Crippen molar-refractivity contribution in [1.29, 1.82) is 0 Å². The maximum absolute atomic E-state index is 12.8. The Kier molecular flexibility index (Phi) is 5.11. The minimum absolute atomic E-state index is 0.248. The van der Waals surface area contributed by atoms with E-state index in [9.17, 15) is 14.4 Å². The number of benzene rings is 1. The van der Waals surface area contributed by atoms with Crippen molar-refractivity contribution < 1.29 is 19.1 Å². The van der Waals surface area contributed by atoms with Crippen molar-refractivity contribution in [2.75, 3.05) is 26.7 Å². The van der Waals surface area contributed by atoms with Gasteiger partial charge in [-0.05, 0) is 38.5 Å². The van der Waals surface area contributed by atoms with E-state index in [-0.39, 0.29) is 12.5 Å². The summed E-state index contributed by atoms with van der Waals surface area (Å²) in [6.07, 6.45) is 0. The number of urea groups is 1. The van der Waals surface area contributed by atoms with Gasteiger partial charge in [-0.1, -0.05) is 12.1 Å². The van der Waals surface area contributed by atoms with Gasteiger partial charge in [0.2, 0.25) is 5.91 Å². The zero-order valence-corrected chi connectivity index (χ0v) is 14.5. The predicted octanol–water partition coefficient (Wildman–Crippen LogP) is 1.33. The molecule has 1 heterocycles. The Morgan fingerprint density at radius 2 is 1.79 bits per heavy atom. The molecule has 1 N–H and O–H groups in total. The molecule has 1 aromatic carbocycles. The molecule has 24 heavy (non-hydrogen) atoms. The quantitative estimate of drug-likeness (QED) is 0.797. The zero-order chi connectivity index (χ0) is 17.9. The first kappa shape index (κ1) is 17.8. The molecule has 0 saturated carbocycles. The molecule has 130 valence electrons. The third-order valence-corrected chi connectivity index (χ3v) is 4.35. The highest BCUT2D eigenvalue weighted by Crippen LogP contribution is 2.29. The van der Waals surface area contributed by atoms with Crippen molar-refractivity contribution in [3.63, 3.8) is 0 Å². The molecule has 1 atom stereocenters. The monoisotopic (exact) mass is 333 g/mol. The van der Waals surface area contributed by atoms with Crippen LogP contribution in [0.3, 0.4) is 0 Å². The molecule has 1 aliphatic rings. The normalized spacial score (nSPS) is 20.1. The molecule has 0 aromatic heterocycles. The van der Waals surface area contributed by atoms with Crippen LogP contribution in [0.2, 0.25) is 0 Å². The lowest BCUT2D eigenvalue weighted by atomic mass is 9.92. The molecule has 1 aromatic rings. The number of ether oxygens (including phenoxy) is 1. The van der Waals surface area contributed by atoms with Gasteiger partial charge >= 0.3 is 6.03 Å². The van der Waals surface area contributed by atoms with Gasteiger partial charge in [0.05, 0.1) is 7.11 Å². The first-order chi connectivity index (χ1) is 11.4. The lowest BCUT2D eigenvalue weighted by Crippen LogP contribution is -2.44. The van der Waals surface area contributed by atoms with Crippen LogP contribution < -0.4 is 10.1 Å². The Bertz CT molecular complexity index is 640. The summed E-state index contributed by atoms with van der Waals surface area (Å²) in [4.78, 5) is 39.8. The number of methoxy groups -OCH3 is 1. The van der Waals surface area contributed by atoms with Crippen LogP contribution >= 0.6 is 0 Å². The fraction of sp³-hybridized carbons (Fsp3) is 0.471. The summed E-state index contributed by atoms with van der Waals surface area (Å²) < 4.78 is 5.10. The van der Waals surface area contributed by atoms with E-state index >= 15 is 0 Å². The summed E-state index contributed by atoms with van der Waals surface area (Å²) in [5, 5.41) is 2.69. The van der Waals surface area contributed by atoms with Gasteiger partial charge < -0.3 is 15.0 Å². The number of carbonyl (C=O) groups is 3. The van der Waals surface area contributed by atoms with E-state index in [2.05, 4.69) is 5.32 Å². The van der Waals surface area contributed by atoms with Crippen LogP contribution in [-0.2, 0) is 15.1 Å². The number of hydrogen-bond donors (Lipinski definition) is 1. The van der Waals surface area contributed by atoms with E-state index in [1.54, 1.807) is 43.2 Å². The Balaban J connectivity index is 2.22. The summed E-state index contributed by atoms with van der Waals surface area (Å²) in [7, 11) is 1.56. The first-order valence-corrected chi connectivity index (χ1v) is 7.93. The SMILES string of the molecule is CCN(CC)C(=O)CN1C(=O)N[C@@](C)(c2ccc(OC)cc2)C1=O. The van der Waals surface area contributed by atoms with Gasteiger partial charge in [-0.3, -0.25) is 14.5 Å². The molecule has 1 aliphatic heterocycles. The fourth-order valence-corrected chi connectivity index (χ4v) is 2.77. The van der Waals surface area contributed by atoms with Crippen molar-refractivity contribution in [2.24, 2.45) is 0 Å². The van der Waals surface area contributed by atoms with Crippen LogP contribution in [0.25, 0.3) is 0 Å². The molecule has 2 rings (SSSR count). The van der Waals surface area contributed by atoms with E-state index in [4.69, 9.17) is 4.74 Å². The second-order valence-corrected chi connectivity index (χ2v) is 5.74. The molecule has 4 amide bonds. The van der Waals surface area contributed by atoms with Crippen LogP contribution in [0.5, 0.6) is 5.75 Å². The lowest BCUT2D eigenvalue weighted by molar-refractivity contribution is -0.138. The summed E-state index contributed by atoms with van der Waals surface area (Å²) in [6, 6.07) is 6.35. The average Bonchev–Trinajstić information content (AvgIpc) is 2.80. The Morgan fingerprint density at radius 1 is 1.21 bits per heavy atom. The van der Waals surface area contributed by atoms with Crippen molar-refractivity contribution >= 4 is 17.8 Å². The Hall–Kier alpha value is -2.57. The Labute approximate surface area is 141 Å². The van der Waals surface area contributed by atoms with E-state index in [0.717, 1.165) is 4.90 Å². The minimum atomic E-state index is -1.19. The minimum Gasteiger partial charge on any atom is -0.497 e. The summed E-state index contributed by atoms with van der Waals surface area (Å²) in [5.41, 5.74) is -0.549. The molecular weight excluding hydrogens is 310 g/mol. The van der Waals surface area contributed by atoms with Crippen LogP contribution in [0, 0.1) is 0 Å². The molecule has 0 bridgehead atoms. The van der Waals surface area contributed by atoms with Gasteiger partial charge in [0.25, 0.3) is 5.91 Å². The largest absolute Gasteiger partial charge is 0.497 e. The molecular formula is C17H23N3O4. The highest BCUT2D eigenvalue weighted by Gasteiger charge is 2.49. The van der Waals surface area contributed by atoms with Crippen molar-refractivity contribution in [3.05, 3.63) is 29.8 Å². The number of nitrogens with one attached hydrogen (secondary N) is 1. The molecule has 1 fully saturated rings. The highest BCUT2D eigenvalue weighted by atomic mass is 16.5. The number of carbonyl (C=O) groups excluding carboxylic acids is 3. The third-order valence-electron chi connectivity index (χ3n) is 4.35. The molecule has 0 aliphatic carbocycles. The van der Waals surface area contributed by atoms with Crippen LogP contribution in [0.4, 0.5) is 4.79 Å². The molecule has 7 heteroatoms. The van der Waals surface area contributed by atoms with E-state index in [0.29, 0.717) is 24.4 Å². The number of imide groups is 1. The van der Waals surface area contributed by atoms with E-state index < -0.39 is 17.5 Å². The molecule has 1 saturated heterocycles. The van der Waals surface area contributed by atoms with Crippen molar-refractivity contribution in [2.45, 2.75) is 26.3 Å². The van der Waals surface area contributed by atoms with Crippen LogP contribution in [0.1, 0.15) is 26.3 Å². The van der Waals surface area contributed by atoms with E-state index in [1.165, 1.54) is 0 Å². The maximum Gasteiger partial charge on any atom is 0.325 e. The molecule has 0 unspecified atom stereocenters. The second-order valence-electron chi connectivity index (χ2n) is 5.74. The summed E-state index contributed by atoms with van der Waals surface area (Å²) in [5.74, 6) is -0.0201. The highest BCUT2D eigenvalue weighted by molar-refractivity contribution is 6.09. The summed E-state index contributed by atoms with van der Waals surface area (Å²) >= 11 is 0. The van der Waals surface area contributed by atoms with Gasteiger partial charge in [0, 0.05) is 13.1 Å². The maximum atomic E-state index is 12.8. The van der Waals surface area contributed by atoms with Crippen molar-refractivity contribution in [3.8, 4) is 5.75 Å². The molecule has 7 nitrogen and oxygen atoms in total. The Morgan fingerprint density at radius 3 is 2.29 bits per heavy atom. The number of amides is 4. The second kappa shape index (κ2) is 6.90. The predicted molar refractivity (Wildman–Crippen MR) is 88.5 cm³/mol. The smallest absolute Gasteiger partial charge is 0.325 e. The molecule has 0 radical (unpaired) electrons. The van der Waals surface area contributed by atoms with Crippen LogP contribution in [0.15, 0.2) is 24.3 Å². The lowest BCUT2D eigenvalue weighted by Gasteiger charge is -2.24. The fourth-order valence-electron chi connectivity index (χ4n) is 2.77. The van der Waals surface area contributed by atoms with Gasteiger partial charge in [-0.2, -0.15) is 0 Å². The van der Waals surface area contributed by atoms with Gasteiger partial charge in [-0.25, -0.2) is 4.79 Å². The standard InChI is InChI=1S/C17H23N3O4/c1-5-19(6-2)14(21)11-20-15(22)17(3,18-16(20)23)12-7-9-13(24-4)10-8-12/h7-10H,5-6,11H2,1-4H3,(H,18,23)/t17-/m0/s1. The van der Waals surface area contributed by atoms with Crippen molar-refractivity contribution in [1.82, 2.24) is 15.1 Å². The number of hydrogen-bond acceptors (Lipinski definition) is 4. The number of rotatable bonds is 6. The first-order valence-electron chi connectivity index (χ1n) is 7.93. The summed E-state index contributed by atoms with van der Waals surface area (Å²) in [6.45, 7) is 6.17. The topological polar surface area (TPSA) is 79.0 Å². The van der Waals surface area contributed by atoms with Gasteiger partial charge in [0.15, 0.2) is 0 Å². The van der Waals surface area contributed by atoms with E-state index in [1.807, 2.05) is 13.8 Å².